The molecule has 0 aliphatic heterocycles. The lowest BCUT2D eigenvalue weighted by Gasteiger charge is -1.96. The average Bonchev–Trinajstić information content (AvgIpc) is 2.75. The lowest BCUT2D eigenvalue weighted by molar-refractivity contribution is 0.504. The number of nitrogens with two attached hydrogens (primary N) is 1. The van der Waals surface area contributed by atoms with Gasteiger partial charge in [-0.1, -0.05) is 12.1 Å². The van der Waals surface area contributed by atoms with E-state index in [1.165, 1.54) is 10.9 Å². The molecule has 0 saturated heterocycles. The topological polar surface area (TPSA) is 69.6 Å². The monoisotopic (exact) mass is 221 g/mol. The van der Waals surface area contributed by atoms with E-state index in [1.54, 1.807) is 18.2 Å². The van der Waals surface area contributed by atoms with Crippen molar-refractivity contribution < 1.29 is 4.39 Å². The smallest absolute Gasteiger partial charge is 0.207 e. The highest BCUT2D eigenvalue weighted by atomic mass is 19.1. The summed E-state index contributed by atoms with van der Waals surface area (Å²) in [7, 11) is 0. The molecule has 1 aromatic heterocycles. The van der Waals surface area contributed by atoms with E-state index in [0.29, 0.717) is 24.5 Å². The van der Waals surface area contributed by atoms with Crippen LogP contribution >= 0.6 is 0 Å². The second-order valence-corrected chi connectivity index (χ2v) is 3.33. The number of aryl methyl sites for hydroxylation is 1. The Kier molecular flexibility index (Phi) is 3.21. The molecule has 2 aromatic rings. The highest BCUT2D eigenvalue weighted by Crippen LogP contribution is 2.16. The van der Waals surface area contributed by atoms with E-state index in [1.807, 2.05) is 0 Å². The van der Waals surface area contributed by atoms with Crippen LogP contribution in [0.25, 0.3) is 11.4 Å². The maximum Gasteiger partial charge on any atom is 0.207 e. The Bertz CT molecular complexity index is 468. The Balaban J connectivity index is 2.22. The molecule has 16 heavy (non-hydrogen) atoms. The summed E-state index contributed by atoms with van der Waals surface area (Å²) in [6, 6.07) is 6.35. The predicted molar refractivity (Wildman–Crippen MR) is 56.9 cm³/mol. The first kappa shape index (κ1) is 10.7. The summed E-state index contributed by atoms with van der Waals surface area (Å²) >= 11 is 0. The first-order chi connectivity index (χ1) is 7.81. The zero-order chi connectivity index (χ0) is 11.4. The molecule has 6 heteroatoms. The molecule has 0 aliphatic carbocycles. The van der Waals surface area contributed by atoms with Crippen LogP contribution in [0, 0.1) is 5.82 Å². The number of halogens is 1. The summed E-state index contributed by atoms with van der Waals surface area (Å²) in [4.78, 5) is 1.43. The largest absolute Gasteiger partial charge is 0.330 e. The molecule has 2 rings (SSSR count). The maximum absolute atomic E-state index is 13.4. The maximum atomic E-state index is 13.4. The fraction of sp³-hybridized carbons (Fsp3) is 0.300. The molecule has 0 aliphatic rings. The van der Waals surface area contributed by atoms with Crippen molar-refractivity contribution in [3.63, 3.8) is 0 Å². The summed E-state index contributed by atoms with van der Waals surface area (Å²) < 4.78 is 13.4. The summed E-state index contributed by atoms with van der Waals surface area (Å²) in [5.41, 5.74) is 5.73. The van der Waals surface area contributed by atoms with Gasteiger partial charge in [0, 0.05) is 0 Å². The molecule has 0 fully saturated rings. The van der Waals surface area contributed by atoms with E-state index < -0.39 is 0 Å². The van der Waals surface area contributed by atoms with E-state index in [4.69, 9.17) is 5.73 Å². The second-order valence-electron chi connectivity index (χ2n) is 3.33. The Morgan fingerprint density at radius 2 is 2.12 bits per heavy atom. The van der Waals surface area contributed by atoms with Crippen LogP contribution in [-0.2, 0) is 6.54 Å². The standard InChI is InChI=1S/C10H12FN5/c11-9-5-2-1-4-8(9)10-13-15-16(14-10)7-3-6-12/h1-2,4-5H,3,6-7,12H2. The van der Waals surface area contributed by atoms with Gasteiger partial charge in [-0.3, -0.25) is 0 Å². The zero-order valence-electron chi connectivity index (χ0n) is 8.67. The number of aromatic nitrogens is 4. The van der Waals surface area contributed by atoms with Gasteiger partial charge in [0.25, 0.3) is 0 Å². The molecule has 0 atom stereocenters. The molecule has 0 bridgehead atoms. The molecule has 0 unspecified atom stereocenters. The Morgan fingerprint density at radius 3 is 2.88 bits per heavy atom. The first-order valence-electron chi connectivity index (χ1n) is 5.04. The average molecular weight is 221 g/mol. The van der Waals surface area contributed by atoms with Crippen molar-refractivity contribution in [1.29, 1.82) is 0 Å². The highest BCUT2D eigenvalue weighted by Gasteiger charge is 2.09. The third kappa shape index (κ3) is 2.22. The van der Waals surface area contributed by atoms with Gasteiger partial charge >= 0.3 is 0 Å². The molecule has 0 radical (unpaired) electrons. The fourth-order valence-corrected chi connectivity index (χ4v) is 1.32. The number of hydrogen-bond donors (Lipinski definition) is 1. The van der Waals surface area contributed by atoms with Crippen LogP contribution < -0.4 is 5.73 Å². The molecule has 1 aromatic carbocycles. The summed E-state index contributed by atoms with van der Waals surface area (Å²) in [6.45, 7) is 1.16. The quantitative estimate of drug-likeness (QED) is 0.830. The van der Waals surface area contributed by atoms with Gasteiger partial charge in [-0.15, -0.1) is 10.2 Å². The summed E-state index contributed by atoms with van der Waals surface area (Å²) in [5.74, 6) is -0.0454. The minimum atomic E-state index is -0.346. The summed E-state index contributed by atoms with van der Waals surface area (Å²) in [5, 5.41) is 11.7. The molecule has 0 amide bonds. The van der Waals surface area contributed by atoms with Gasteiger partial charge < -0.3 is 5.73 Å². The van der Waals surface area contributed by atoms with Crippen molar-refractivity contribution in [2.45, 2.75) is 13.0 Å². The molecule has 0 spiro atoms. The molecule has 2 N–H and O–H groups in total. The van der Waals surface area contributed by atoms with Gasteiger partial charge in [-0.25, -0.2) is 4.39 Å². The van der Waals surface area contributed by atoms with Crippen molar-refractivity contribution in [1.82, 2.24) is 20.2 Å². The normalized spacial score (nSPS) is 10.6. The molecular weight excluding hydrogens is 209 g/mol. The molecular formula is C10H12FN5. The van der Waals surface area contributed by atoms with Gasteiger partial charge in [0.1, 0.15) is 5.82 Å². The SMILES string of the molecule is NCCCn1nnc(-c2ccccc2F)n1. The van der Waals surface area contributed by atoms with E-state index in [9.17, 15) is 4.39 Å². The highest BCUT2D eigenvalue weighted by molar-refractivity contribution is 5.54. The number of tetrazole rings is 1. The Morgan fingerprint density at radius 1 is 1.31 bits per heavy atom. The van der Waals surface area contributed by atoms with Crippen LogP contribution in [0.2, 0.25) is 0 Å². The molecule has 5 nitrogen and oxygen atoms in total. The van der Waals surface area contributed by atoms with Gasteiger partial charge in [0.15, 0.2) is 0 Å². The van der Waals surface area contributed by atoms with Crippen molar-refractivity contribution in [3.8, 4) is 11.4 Å². The van der Waals surface area contributed by atoms with Crippen molar-refractivity contribution in [3.05, 3.63) is 30.1 Å². The van der Waals surface area contributed by atoms with Crippen LogP contribution in [0.15, 0.2) is 24.3 Å². The predicted octanol–water partition coefficient (Wildman–Crippen LogP) is 0.828. The third-order valence-electron chi connectivity index (χ3n) is 2.13. The number of benzene rings is 1. The third-order valence-corrected chi connectivity index (χ3v) is 2.13. The minimum absolute atomic E-state index is 0.301. The van der Waals surface area contributed by atoms with Crippen molar-refractivity contribution in [2.75, 3.05) is 6.54 Å². The van der Waals surface area contributed by atoms with E-state index in [2.05, 4.69) is 15.4 Å². The Labute approximate surface area is 92.1 Å². The van der Waals surface area contributed by atoms with Crippen LogP contribution in [-0.4, -0.2) is 26.8 Å². The van der Waals surface area contributed by atoms with E-state index in [0.717, 1.165) is 6.42 Å². The van der Waals surface area contributed by atoms with Crippen LogP contribution in [0.5, 0.6) is 0 Å². The fourth-order valence-electron chi connectivity index (χ4n) is 1.32. The molecule has 1 heterocycles. The number of rotatable bonds is 4. The minimum Gasteiger partial charge on any atom is -0.330 e. The molecule has 84 valence electrons. The van der Waals surface area contributed by atoms with Crippen molar-refractivity contribution >= 4 is 0 Å². The van der Waals surface area contributed by atoms with Gasteiger partial charge in [-0.05, 0) is 30.3 Å². The van der Waals surface area contributed by atoms with Gasteiger partial charge in [0.2, 0.25) is 5.82 Å². The van der Waals surface area contributed by atoms with Crippen LogP contribution in [0.4, 0.5) is 4.39 Å². The van der Waals surface area contributed by atoms with E-state index >= 15 is 0 Å². The lowest BCUT2D eigenvalue weighted by atomic mass is 10.2. The Hall–Kier alpha value is -1.82. The lowest BCUT2D eigenvalue weighted by Crippen LogP contribution is -2.08. The summed E-state index contributed by atoms with van der Waals surface area (Å²) in [6.07, 6.45) is 0.771. The van der Waals surface area contributed by atoms with E-state index in [-0.39, 0.29) is 5.82 Å². The number of nitrogens with zero attached hydrogens (tertiary/aromatic N) is 4. The molecule has 0 saturated carbocycles. The van der Waals surface area contributed by atoms with Gasteiger partial charge in [0.05, 0.1) is 12.1 Å². The van der Waals surface area contributed by atoms with Crippen molar-refractivity contribution in [2.24, 2.45) is 5.73 Å². The number of hydrogen-bond acceptors (Lipinski definition) is 4. The van der Waals surface area contributed by atoms with Gasteiger partial charge in [-0.2, -0.15) is 4.80 Å². The van der Waals surface area contributed by atoms with Crippen LogP contribution in [0.3, 0.4) is 0 Å². The first-order valence-corrected chi connectivity index (χ1v) is 5.04. The second kappa shape index (κ2) is 4.80. The zero-order valence-corrected chi connectivity index (χ0v) is 8.67. The van der Waals surface area contributed by atoms with Crippen LogP contribution in [0.1, 0.15) is 6.42 Å².